The van der Waals surface area contributed by atoms with Gasteiger partial charge >= 0.3 is 0 Å². The molecule has 110 valence electrons. The summed E-state index contributed by atoms with van der Waals surface area (Å²) >= 11 is 6.13. The van der Waals surface area contributed by atoms with E-state index in [1.165, 1.54) is 24.9 Å². The number of piperidine rings is 1. The maximum atomic E-state index is 6.13. The molecule has 0 spiro atoms. The first-order chi connectivity index (χ1) is 8.29. The van der Waals surface area contributed by atoms with Crippen molar-refractivity contribution in [1.82, 2.24) is 9.88 Å². The average Bonchev–Trinajstić information content (AvgIpc) is 2.33. The first-order valence-electron chi connectivity index (χ1n) is 6.30. The minimum Gasteiger partial charge on any atom is -0.330 e. The van der Waals surface area contributed by atoms with Gasteiger partial charge in [0.2, 0.25) is 0 Å². The third-order valence-corrected chi connectivity index (χ3v) is 3.77. The second kappa shape index (κ2) is 9.78. The lowest BCUT2D eigenvalue weighted by Crippen LogP contribution is -2.35. The second-order valence-electron chi connectivity index (χ2n) is 4.79. The minimum atomic E-state index is 0. The van der Waals surface area contributed by atoms with Gasteiger partial charge in [0.15, 0.2) is 0 Å². The topological polar surface area (TPSA) is 42.1 Å². The van der Waals surface area contributed by atoms with Gasteiger partial charge in [0.1, 0.15) is 0 Å². The number of nitrogens with zero attached hydrogens (tertiary/aromatic N) is 2. The van der Waals surface area contributed by atoms with E-state index < -0.39 is 0 Å². The summed E-state index contributed by atoms with van der Waals surface area (Å²) in [5.41, 5.74) is 6.81. The lowest BCUT2D eigenvalue weighted by molar-refractivity contribution is 0.163. The SMILES string of the molecule is Cl.Cl.NCCC1CCCN(Cc2ccncc2Cl)C1. The highest BCUT2D eigenvalue weighted by atomic mass is 35.5. The summed E-state index contributed by atoms with van der Waals surface area (Å²) in [5, 5.41) is 0.772. The van der Waals surface area contributed by atoms with E-state index in [-0.39, 0.29) is 24.8 Å². The summed E-state index contributed by atoms with van der Waals surface area (Å²) in [4.78, 5) is 6.49. The zero-order valence-corrected chi connectivity index (χ0v) is 13.3. The molecule has 1 atom stereocenters. The molecule has 2 rings (SSSR count). The normalized spacial score (nSPS) is 19.4. The molecule has 2 heterocycles. The Morgan fingerprint density at radius 1 is 1.42 bits per heavy atom. The number of pyridine rings is 1. The molecule has 2 N–H and O–H groups in total. The molecule has 1 unspecified atom stereocenters. The Hall–Kier alpha value is -0.0600. The standard InChI is InChI=1S/C13H20ClN3.2ClH/c14-13-8-16-6-4-12(13)10-17-7-1-2-11(9-17)3-5-15;;/h4,6,8,11H,1-3,5,7,9-10,15H2;2*1H. The molecule has 1 aliphatic heterocycles. The number of likely N-dealkylation sites (tertiary alicyclic amines) is 1. The third kappa shape index (κ3) is 5.84. The summed E-state index contributed by atoms with van der Waals surface area (Å²) in [6, 6.07) is 2.01. The molecule has 0 aromatic carbocycles. The van der Waals surface area contributed by atoms with Crippen LogP contribution in [0, 0.1) is 5.92 Å². The maximum absolute atomic E-state index is 6.13. The highest BCUT2D eigenvalue weighted by molar-refractivity contribution is 6.31. The van der Waals surface area contributed by atoms with Crippen LogP contribution in [0.5, 0.6) is 0 Å². The van der Waals surface area contributed by atoms with Gasteiger partial charge in [0.25, 0.3) is 0 Å². The van der Waals surface area contributed by atoms with Crippen molar-refractivity contribution in [2.75, 3.05) is 19.6 Å². The van der Waals surface area contributed by atoms with Crippen LogP contribution in [-0.2, 0) is 6.54 Å². The van der Waals surface area contributed by atoms with Gasteiger partial charge in [-0.25, -0.2) is 0 Å². The Bertz CT molecular complexity index is 361. The number of nitrogens with two attached hydrogens (primary N) is 1. The van der Waals surface area contributed by atoms with Gasteiger partial charge in [-0.1, -0.05) is 11.6 Å². The Morgan fingerprint density at radius 2 is 2.21 bits per heavy atom. The highest BCUT2D eigenvalue weighted by Gasteiger charge is 2.19. The second-order valence-corrected chi connectivity index (χ2v) is 5.20. The molecule has 1 aliphatic rings. The summed E-state index contributed by atoms with van der Waals surface area (Å²) in [6.07, 6.45) is 7.26. The molecule has 0 amide bonds. The van der Waals surface area contributed by atoms with Gasteiger partial charge in [-0.2, -0.15) is 0 Å². The highest BCUT2D eigenvalue weighted by Crippen LogP contribution is 2.22. The molecule has 0 saturated carbocycles. The number of hydrogen-bond donors (Lipinski definition) is 1. The van der Waals surface area contributed by atoms with Crippen LogP contribution in [0.4, 0.5) is 0 Å². The Morgan fingerprint density at radius 3 is 2.89 bits per heavy atom. The van der Waals surface area contributed by atoms with Crippen molar-refractivity contribution < 1.29 is 0 Å². The van der Waals surface area contributed by atoms with Crippen LogP contribution in [-0.4, -0.2) is 29.5 Å². The van der Waals surface area contributed by atoms with Crippen molar-refractivity contribution in [2.24, 2.45) is 11.7 Å². The van der Waals surface area contributed by atoms with Crippen molar-refractivity contribution in [3.05, 3.63) is 29.0 Å². The van der Waals surface area contributed by atoms with Crippen LogP contribution in [0.1, 0.15) is 24.8 Å². The van der Waals surface area contributed by atoms with E-state index in [9.17, 15) is 0 Å². The molecule has 0 radical (unpaired) electrons. The first kappa shape index (κ1) is 18.9. The molecular formula is C13H22Cl3N3. The van der Waals surface area contributed by atoms with Crippen LogP contribution in [0.25, 0.3) is 0 Å². The molecule has 1 aromatic rings. The number of hydrogen-bond acceptors (Lipinski definition) is 3. The van der Waals surface area contributed by atoms with Crippen LogP contribution in [0.15, 0.2) is 18.5 Å². The Labute approximate surface area is 132 Å². The molecule has 1 fully saturated rings. The summed E-state index contributed by atoms with van der Waals surface area (Å²) in [5.74, 6) is 0.759. The van der Waals surface area contributed by atoms with Gasteiger partial charge in [-0.15, -0.1) is 24.8 Å². The van der Waals surface area contributed by atoms with Gasteiger partial charge < -0.3 is 5.73 Å². The lowest BCUT2D eigenvalue weighted by atomic mass is 9.94. The van der Waals surface area contributed by atoms with E-state index in [2.05, 4.69) is 9.88 Å². The molecule has 3 nitrogen and oxygen atoms in total. The summed E-state index contributed by atoms with van der Waals surface area (Å²) < 4.78 is 0. The van der Waals surface area contributed by atoms with E-state index in [0.717, 1.165) is 37.0 Å². The average molecular weight is 327 g/mol. The van der Waals surface area contributed by atoms with E-state index >= 15 is 0 Å². The number of rotatable bonds is 4. The molecule has 19 heavy (non-hydrogen) atoms. The molecule has 1 saturated heterocycles. The van der Waals surface area contributed by atoms with Gasteiger partial charge in [-0.05, 0) is 49.9 Å². The molecule has 0 aliphatic carbocycles. The minimum absolute atomic E-state index is 0. The molecule has 6 heteroatoms. The fourth-order valence-corrected chi connectivity index (χ4v) is 2.72. The monoisotopic (exact) mass is 325 g/mol. The van der Waals surface area contributed by atoms with E-state index in [0.29, 0.717) is 0 Å². The fourth-order valence-electron chi connectivity index (χ4n) is 2.54. The smallest absolute Gasteiger partial charge is 0.0634 e. The van der Waals surface area contributed by atoms with E-state index in [4.69, 9.17) is 17.3 Å². The van der Waals surface area contributed by atoms with Crippen LogP contribution < -0.4 is 5.73 Å². The summed E-state index contributed by atoms with van der Waals surface area (Å²) in [6.45, 7) is 4.05. The quantitative estimate of drug-likeness (QED) is 0.924. The third-order valence-electron chi connectivity index (χ3n) is 3.43. The Kier molecular flexibility index (Phi) is 9.75. The zero-order chi connectivity index (χ0) is 12.1. The molecular weight excluding hydrogens is 305 g/mol. The zero-order valence-electron chi connectivity index (χ0n) is 10.9. The molecule has 1 aromatic heterocycles. The predicted octanol–water partition coefficient (Wildman–Crippen LogP) is 3.14. The van der Waals surface area contributed by atoms with Crippen molar-refractivity contribution in [3.63, 3.8) is 0 Å². The summed E-state index contributed by atoms with van der Waals surface area (Å²) in [7, 11) is 0. The Balaban J connectivity index is 0.00000162. The lowest BCUT2D eigenvalue weighted by Gasteiger charge is -2.32. The van der Waals surface area contributed by atoms with Crippen molar-refractivity contribution in [3.8, 4) is 0 Å². The van der Waals surface area contributed by atoms with Crippen molar-refractivity contribution >= 4 is 36.4 Å². The van der Waals surface area contributed by atoms with E-state index in [1.54, 1.807) is 6.20 Å². The maximum Gasteiger partial charge on any atom is 0.0634 e. The number of halogens is 3. The number of aromatic nitrogens is 1. The van der Waals surface area contributed by atoms with Crippen LogP contribution in [0.2, 0.25) is 5.02 Å². The first-order valence-corrected chi connectivity index (χ1v) is 6.68. The van der Waals surface area contributed by atoms with Gasteiger partial charge in [0, 0.05) is 25.5 Å². The van der Waals surface area contributed by atoms with Crippen LogP contribution >= 0.6 is 36.4 Å². The van der Waals surface area contributed by atoms with Gasteiger partial charge in [0.05, 0.1) is 5.02 Å². The van der Waals surface area contributed by atoms with E-state index in [1.807, 2.05) is 12.3 Å². The fraction of sp³-hybridized carbons (Fsp3) is 0.615. The van der Waals surface area contributed by atoms with Crippen LogP contribution in [0.3, 0.4) is 0 Å². The largest absolute Gasteiger partial charge is 0.330 e. The van der Waals surface area contributed by atoms with Gasteiger partial charge in [-0.3, -0.25) is 9.88 Å². The van der Waals surface area contributed by atoms with Crippen molar-refractivity contribution in [2.45, 2.75) is 25.8 Å². The molecule has 0 bridgehead atoms. The predicted molar refractivity (Wildman–Crippen MR) is 85.4 cm³/mol. The van der Waals surface area contributed by atoms with Crippen molar-refractivity contribution in [1.29, 1.82) is 0 Å².